The van der Waals surface area contributed by atoms with Crippen LogP contribution >= 0.6 is 33.9 Å². The van der Waals surface area contributed by atoms with Gasteiger partial charge in [0.25, 0.3) is 0 Å². The lowest BCUT2D eigenvalue weighted by Gasteiger charge is -1.97. The molecule has 0 saturated heterocycles. The largest absolute Gasteiger partial charge is 0.478 e. The van der Waals surface area contributed by atoms with Gasteiger partial charge in [0, 0.05) is 10.1 Å². The highest BCUT2D eigenvalue weighted by molar-refractivity contribution is 14.1. The molecule has 1 N–H and O–H groups in total. The molecule has 1 aromatic carbocycles. The molecule has 0 atom stereocenters. The second-order valence-electron chi connectivity index (χ2n) is 3.00. The summed E-state index contributed by atoms with van der Waals surface area (Å²) < 4.78 is 1.89. The summed E-state index contributed by atoms with van der Waals surface area (Å²) in [4.78, 5) is 11.1. The van der Waals surface area contributed by atoms with Gasteiger partial charge in [0.2, 0.25) is 0 Å². The second kappa shape index (κ2) is 3.51. The van der Waals surface area contributed by atoms with Gasteiger partial charge in [0.15, 0.2) is 0 Å². The predicted molar refractivity (Wildman–Crippen MR) is 66.2 cm³/mol. The van der Waals surface area contributed by atoms with Crippen molar-refractivity contribution in [1.29, 1.82) is 0 Å². The SMILES string of the molecule is Cc1cccc2sc(I)c(C(=O)O)c12. The zero-order valence-electron chi connectivity index (χ0n) is 7.37. The predicted octanol–water partition coefficient (Wildman–Crippen LogP) is 3.51. The first-order chi connectivity index (χ1) is 6.61. The number of aryl methyl sites for hydroxylation is 1. The molecular formula is C10H7IO2S. The van der Waals surface area contributed by atoms with Gasteiger partial charge in [-0.15, -0.1) is 11.3 Å². The van der Waals surface area contributed by atoms with Crippen molar-refractivity contribution in [2.75, 3.05) is 0 Å². The van der Waals surface area contributed by atoms with Gasteiger partial charge in [0.05, 0.1) is 8.45 Å². The van der Waals surface area contributed by atoms with Gasteiger partial charge in [-0.2, -0.15) is 0 Å². The Balaban J connectivity index is 2.93. The Morgan fingerprint density at radius 3 is 2.86 bits per heavy atom. The molecule has 72 valence electrons. The third-order valence-electron chi connectivity index (χ3n) is 2.09. The van der Waals surface area contributed by atoms with Gasteiger partial charge in [0.1, 0.15) is 0 Å². The molecule has 0 unspecified atom stereocenters. The van der Waals surface area contributed by atoms with E-state index < -0.39 is 5.97 Å². The number of carbonyl (C=O) groups is 1. The normalized spacial score (nSPS) is 10.7. The summed E-state index contributed by atoms with van der Waals surface area (Å²) >= 11 is 3.61. The molecular weight excluding hydrogens is 311 g/mol. The Labute approximate surface area is 98.7 Å². The fraction of sp³-hybridized carbons (Fsp3) is 0.100. The second-order valence-corrected chi connectivity index (χ2v) is 5.87. The minimum absolute atomic E-state index is 0.448. The van der Waals surface area contributed by atoms with Crippen LogP contribution in [-0.4, -0.2) is 11.1 Å². The number of fused-ring (bicyclic) bond motifs is 1. The van der Waals surface area contributed by atoms with Crippen LogP contribution in [0.1, 0.15) is 15.9 Å². The zero-order valence-corrected chi connectivity index (χ0v) is 10.3. The van der Waals surface area contributed by atoms with E-state index in [0.29, 0.717) is 5.56 Å². The third kappa shape index (κ3) is 1.42. The molecule has 2 aromatic rings. The first kappa shape index (κ1) is 9.92. The van der Waals surface area contributed by atoms with E-state index in [4.69, 9.17) is 5.11 Å². The Hall–Kier alpha value is -0.620. The number of carboxylic acid groups (broad SMARTS) is 1. The molecule has 0 aliphatic carbocycles. The number of thiophene rings is 1. The van der Waals surface area contributed by atoms with Crippen molar-refractivity contribution < 1.29 is 9.90 Å². The number of hydrogen-bond donors (Lipinski definition) is 1. The van der Waals surface area contributed by atoms with Crippen LogP contribution in [0.5, 0.6) is 0 Å². The number of hydrogen-bond acceptors (Lipinski definition) is 2. The maximum absolute atomic E-state index is 11.1. The topological polar surface area (TPSA) is 37.3 Å². The number of rotatable bonds is 1. The zero-order chi connectivity index (χ0) is 10.3. The van der Waals surface area contributed by atoms with E-state index in [9.17, 15) is 4.79 Å². The summed E-state index contributed by atoms with van der Waals surface area (Å²) in [5, 5.41) is 9.96. The Morgan fingerprint density at radius 2 is 2.21 bits per heavy atom. The molecule has 0 fully saturated rings. The minimum atomic E-state index is -0.838. The van der Waals surface area contributed by atoms with Gasteiger partial charge in [-0.3, -0.25) is 0 Å². The minimum Gasteiger partial charge on any atom is -0.478 e. The maximum Gasteiger partial charge on any atom is 0.338 e. The molecule has 0 aliphatic heterocycles. The number of benzene rings is 1. The van der Waals surface area contributed by atoms with Gasteiger partial charge < -0.3 is 5.11 Å². The molecule has 14 heavy (non-hydrogen) atoms. The van der Waals surface area contributed by atoms with Crippen LogP contribution in [0.4, 0.5) is 0 Å². The fourth-order valence-corrected chi connectivity index (χ4v) is 3.69. The average Bonchev–Trinajstić information content (AvgIpc) is 2.42. The van der Waals surface area contributed by atoms with E-state index >= 15 is 0 Å². The van der Waals surface area contributed by atoms with E-state index in [1.165, 1.54) is 11.3 Å². The van der Waals surface area contributed by atoms with Crippen LogP contribution in [0.2, 0.25) is 0 Å². The first-order valence-electron chi connectivity index (χ1n) is 4.02. The van der Waals surface area contributed by atoms with E-state index in [2.05, 4.69) is 22.6 Å². The Bertz CT molecular complexity index is 516. The van der Waals surface area contributed by atoms with Crippen molar-refractivity contribution in [3.63, 3.8) is 0 Å². The van der Waals surface area contributed by atoms with E-state index in [-0.39, 0.29) is 0 Å². The highest BCUT2D eigenvalue weighted by atomic mass is 127. The Kier molecular flexibility index (Phi) is 2.48. The van der Waals surface area contributed by atoms with Crippen molar-refractivity contribution in [2.45, 2.75) is 6.92 Å². The van der Waals surface area contributed by atoms with Crippen LogP contribution in [0.3, 0.4) is 0 Å². The third-order valence-corrected chi connectivity index (χ3v) is 4.24. The summed E-state index contributed by atoms with van der Waals surface area (Å²) in [7, 11) is 0. The van der Waals surface area contributed by atoms with E-state index in [0.717, 1.165) is 18.5 Å². The molecule has 0 radical (unpaired) electrons. The van der Waals surface area contributed by atoms with Crippen LogP contribution in [0, 0.1) is 9.81 Å². The number of carboxylic acids is 1. The van der Waals surface area contributed by atoms with Gasteiger partial charge in [-0.05, 0) is 41.1 Å². The summed E-state index contributed by atoms with van der Waals surface area (Å²) in [5.74, 6) is -0.838. The Morgan fingerprint density at radius 1 is 1.50 bits per heavy atom. The molecule has 2 nitrogen and oxygen atoms in total. The molecule has 0 saturated carbocycles. The van der Waals surface area contributed by atoms with Gasteiger partial charge in [-0.25, -0.2) is 4.79 Å². The monoisotopic (exact) mass is 318 g/mol. The van der Waals surface area contributed by atoms with Crippen molar-refractivity contribution >= 4 is 50.0 Å². The molecule has 0 aliphatic rings. The van der Waals surface area contributed by atoms with E-state index in [1.54, 1.807) is 0 Å². The summed E-state index contributed by atoms with van der Waals surface area (Å²) in [6.07, 6.45) is 0. The molecule has 0 bridgehead atoms. The van der Waals surface area contributed by atoms with Crippen LogP contribution in [0.15, 0.2) is 18.2 Å². The molecule has 0 amide bonds. The first-order valence-corrected chi connectivity index (χ1v) is 5.91. The summed E-state index contributed by atoms with van der Waals surface area (Å²) in [5.41, 5.74) is 1.47. The smallest absolute Gasteiger partial charge is 0.338 e. The standard InChI is InChI=1S/C10H7IO2S/c1-5-3-2-4-6-7(5)8(10(12)13)9(11)14-6/h2-4H,1H3,(H,12,13). The number of halogens is 1. The fourth-order valence-electron chi connectivity index (χ4n) is 1.48. The quantitative estimate of drug-likeness (QED) is 0.817. The lowest BCUT2D eigenvalue weighted by Crippen LogP contribution is -1.97. The van der Waals surface area contributed by atoms with Crippen LogP contribution in [0.25, 0.3) is 10.1 Å². The van der Waals surface area contributed by atoms with E-state index in [1.807, 2.05) is 25.1 Å². The average molecular weight is 318 g/mol. The summed E-state index contributed by atoms with van der Waals surface area (Å²) in [6, 6.07) is 5.86. The van der Waals surface area contributed by atoms with Crippen LogP contribution < -0.4 is 0 Å². The molecule has 1 heterocycles. The summed E-state index contributed by atoms with van der Waals surface area (Å²) in [6.45, 7) is 1.94. The highest BCUT2D eigenvalue weighted by Crippen LogP contribution is 2.34. The molecule has 4 heteroatoms. The van der Waals surface area contributed by atoms with Crippen LogP contribution in [-0.2, 0) is 0 Å². The molecule has 1 aromatic heterocycles. The lowest BCUT2D eigenvalue weighted by atomic mass is 10.1. The highest BCUT2D eigenvalue weighted by Gasteiger charge is 2.17. The van der Waals surface area contributed by atoms with Crippen molar-refractivity contribution in [1.82, 2.24) is 0 Å². The molecule has 2 rings (SSSR count). The molecule has 0 spiro atoms. The van der Waals surface area contributed by atoms with Gasteiger partial charge >= 0.3 is 5.97 Å². The maximum atomic E-state index is 11.1. The number of aromatic carboxylic acids is 1. The lowest BCUT2D eigenvalue weighted by molar-refractivity contribution is 0.0698. The van der Waals surface area contributed by atoms with Gasteiger partial charge in [-0.1, -0.05) is 12.1 Å². The van der Waals surface area contributed by atoms with Crippen molar-refractivity contribution in [3.05, 3.63) is 32.2 Å². The van der Waals surface area contributed by atoms with Crippen molar-refractivity contribution in [2.24, 2.45) is 0 Å². The van der Waals surface area contributed by atoms with Crippen molar-refractivity contribution in [3.8, 4) is 0 Å².